The fourth-order valence-electron chi connectivity index (χ4n) is 1.48. The molecule has 19 heavy (non-hydrogen) atoms. The first-order valence-corrected chi connectivity index (χ1v) is 6.05. The van der Waals surface area contributed by atoms with Crippen LogP contribution in [0.3, 0.4) is 0 Å². The number of alkyl halides is 3. The van der Waals surface area contributed by atoms with Gasteiger partial charge in [-0.3, -0.25) is 4.74 Å². The number of ether oxygens (including phenoxy) is 3. The van der Waals surface area contributed by atoms with Gasteiger partial charge in [-0.25, -0.2) is 0 Å². The predicted molar refractivity (Wildman–Crippen MR) is 62.3 cm³/mol. The molecule has 0 atom stereocenters. The topological polar surface area (TPSA) is 27.7 Å². The molecule has 1 fully saturated rings. The molecule has 1 aliphatic rings. The van der Waals surface area contributed by atoms with Gasteiger partial charge in [0, 0.05) is 6.07 Å². The molecule has 0 heterocycles. The molecule has 6 heteroatoms. The van der Waals surface area contributed by atoms with Crippen LogP contribution in [0.4, 0.5) is 13.2 Å². The van der Waals surface area contributed by atoms with Gasteiger partial charge in [0.05, 0.1) is 12.7 Å². The number of halogens is 3. The molecule has 0 radical (unpaired) electrons. The summed E-state index contributed by atoms with van der Waals surface area (Å²) < 4.78 is 49.7. The summed E-state index contributed by atoms with van der Waals surface area (Å²) in [6, 6.07) is 5.21. The molecular formula is C13H15F3O3. The Morgan fingerprint density at radius 3 is 2.58 bits per heavy atom. The van der Waals surface area contributed by atoms with E-state index >= 15 is 0 Å². The Morgan fingerprint density at radius 1 is 1.21 bits per heavy atom. The molecule has 0 bridgehead atoms. The van der Waals surface area contributed by atoms with Crippen molar-refractivity contribution in [1.29, 1.82) is 0 Å². The summed E-state index contributed by atoms with van der Waals surface area (Å²) >= 11 is 0. The summed E-state index contributed by atoms with van der Waals surface area (Å²) in [7, 11) is 0. The Bertz CT molecular complexity index is 428. The van der Waals surface area contributed by atoms with Gasteiger partial charge in [0.2, 0.25) is 0 Å². The lowest BCUT2D eigenvalue weighted by atomic mass is 10.2. The summed E-state index contributed by atoms with van der Waals surface area (Å²) in [5.41, 5.74) is 0.978. The van der Waals surface area contributed by atoms with E-state index in [0.29, 0.717) is 5.75 Å². The van der Waals surface area contributed by atoms with Crippen LogP contribution in [-0.4, -0.2) is 25.7 Å². The quantitative estimate of drug-likeness (QED) is 0.745. The molecular weight excluding hydrogens is 261 g/mol. The molecule has 0 unspecified atom stereocenters. The maximum Gasteiger partial charge on any atom is 0.522 e. The first-order chi connectivity index (χ1) is 8.94. The summed E-state index contributed by atoms with van der Waals surface area (Å²) in [6.45, 7) is 1.22. The van der Waals surface area contributed by atoms with Gasteiger partial charge in [-0.15, -0.1) is 13.2 Å². The molecule has 0 saturated heterocycles. The second-order valence-electron chi connectivity index (χ2n) is 4.39. The Kier molecular flexibility index (Phi) is 4.19. The zero-order valence-corrected chi connectivity index (χ0v) is 10.5. The molecule has 1 aliphatic carbocycles. The van der Waals surface area contributed by atoms with Crippen LogP contribution in [0.25, 0.3) is 0 Å². The number of aryl methyl sites for hydroxylation is 1. The standard InChI is InChI=1S/C13H15F3O3/c1-9-2-3-11(8-12(9)19-10-4-5-10)17-6-7-18-13(14,15)16/h2-3,8,10H,4-7H2,1H3. The Morgan fingerprint density at radius 2 is 1.95 bits per heavy atom. The lowest BCUT2D eigenvalue weighted by Crippen LogP contribution is -2.18. The highest BCUT2D eigenvalue weighted by atomic mass is 19.4. The second-order valence-corrected chi connectivity index (χ2v) is 4.39. The summed E-state index contributed by atoms with van der Waals surface area (Å²) in [5, 5.41) is 0. The molecule has 1 aromatic carbocycles. The van der Waals surface area contributed by atoms with Gasteiger partial charge in [0.25, 0.3) is 0 Å². The second kappa shape index (κ2) is 5.69. The van der Waals surface area contributed by atoms with Gasteiger partial charge in [-0.05, 0) is 31.4 Å². The maximum atomic E-state index is 11.8. The maximum absolute atomic E-state index is 11.8. The molecule has 3 nitrogen and oxygen atoms in total. The largest absolute Gasteiger partial charge is 0.522 e. The van der Waals surface area contributed by atoms with Gasteiger partial charge in [-0.1, -0.05) is 6.07 Å². The Hall–Kier alpha value is -1.43. The monoisotopic (exact) mass is 276 g/mol. The van der Waals surface area contributed by atoms with Gasteiger partial charge >= 0.3 is 6.36 Å². The lowest BCUT2D eigenvalue weighted by molar-refractivity contribution is -0.325. The van der Waals surface area contributed by atoms with E-state index in [1.165, 1.54) is 0 Å². The van der Waals surface area contributed by atoms with Crippen molar-refractivity contribution in [2.24, 2.45) is 0 Å². The third-order valence-corrected chi connectivity index (χ3v) is 2.60. The normalized spacial score (nSPS) is 15.4. The van der Waals surface area contributed by atoms with E-state index in [2.05, 4.69) is 4.74 Å². The van der Waals surface area contributed by atoms with Crippen LogP contribution in [0.5, 0.6) is 11.5 Å². The van der Waals surface area contributed by atoms with Crippen LogP contribution >= 0.6 is 0 Å². The van der Waals surface area contributed by atoms with Crippen LogP contribution in [0.15, 0.2) is 18.2 Å². The number of hydrogen-bond acceptors (Lipinski definition) is 3. The van der Waals surface area contributed by atoms with Crippen LogP contribution in [0, 0.1) is 6.92 Å². The molecule has 106 valence electrons. The van der Waals surface area contributed by atoms with Crippen molar-refractivity contribution in [3.05, 3.63) is 23.8 Å². The average Bonchev–Trinajstić information content (AvgIpc) is 3.11. The van der Waals surface area contributed by atoms with Gasteiger partial charge < -0.3 is 9.47 Å². The van der Waals surface area contributed by atoms with Gasteiger partial charge in [0.1, 0.15) is 18.1 Å². The van der Waals surface area contributed by atoms with Gasteiger partial charge in [0.15, 0.2) is 0 Å². The number of rotatable bonds is 6. The van der Waals surface area contributed by atoms with Crippen molar-refractivity contribution in [2.45, 2.75) is 32.2 Å². The van der Waals surface area contributed by atoms with Crippen molar-refractivity contribution >= 4 is 0 Å². The van der Waals surface area contributed by atoms with Gasteiger partial charge in [-0.2, -0.15) is 0 Å². The number of hydrogen-bond donors (Lipinski definition) is 0. The average molecular weight is 276 g/mol. The highest BCUT2D eigenvalue weighted by Gasteiger charge is 2.28. The molecule has 0 aliphatic heterocycles. The first kappa shape index (κ1) is 14.0. The fourth-order valence-corrected chi connectivity index (χ4v) is 1.48. The molecule has 0 aromatic heterocycles. The van der Waals surface area contributed by atoms with Crippen molar-refractivity contribution in [3.63, 3.8) is 0 Å². The van der Waals surface area contributed by atoms with E-state index in [-0.39, 0.29) is 12.7 Å². The SMILES string of the molecule is Cc1ccc(OCCOC(F)(F)F)cc1OC1CC1. The Labute approximate surface area is 109 Å². The van der Waals surface area contributed by atoms with E-state index in [1.807, 2.05) is 13.0 Å². The minimum Gasteiger partial charge on any atom is -0.491 e. The summed E-state index contributed by atoms with van der Waals surface area (Å²) in [4.78, 5) is 0. The van der Waals surface area contributed by atoms with E-state index in [0.717, 1.165) is 24.2 Å². The van der Waals surface area contributed by atoms with E-state index in [1.54, 1.807) is 12.1 Å². The minimum atomic E-state index is -4.61. The molecule has 1 aromatic rings. The van der Waals surface area contributed by atoms with E-state index < -0.39 is 13.0 Å². The van der Waals surface area contributed by atoms with Crippen molar-refractivity contribution in [1.82, 2.24) is 0 Å². The molecule has 0 amide bonds. The molecule has 2 rings (SSSR count). The summed E-state index contributed by atoms with van der Waals surface area (Å²) in [5.74, 6) is 1.20. The zero-order valence-electron chi connectivity index (χ0n) is 10.5. The Balaban J connectivity index is 1.82. The first-order valence-electron chi connectivity index (χ1n) is 6.05. The smallest absolute Gasteiger partial charge is 0.491 e. The van der Waals surface area contributed by atoms with Crippen LogP contribution in [0.2, 0.25) is 0 Å². The predicted octanol–water partition coefficient (Wildman–Crippen LogP) is 3.45. The molecule has 0 spiro atoms. The lowest BCUT2D eigenvalue weighted by Gasteiger charge is -2.12. The molecule has 1 saturated carbocycles. The third kappa shape index (κ3) is 4.98. The van der Waals surface area contributed by atoms with Crippen LogP contribution in [-0.2, 0) is 4.74 Å². The molecule has 0 N–H and O–H groups in total. The van der Waals surface area contributed by atoms with Crippen molar-refractivity contribution in [2.75, 3.05) is 13.2 Å². The zero-order chi connectivity index (χ0) is 13.9. The number of benzene rings is 1. The van der Waals surface area contributed by atoms with Crippen molar-refractivity contribution < 1.29 is 27.4 Å². The minimum absolute atomic E-state index is 0.161. The highest BCUT2D eigenvalue weighted by molar-refractivity contribution is 5.40. The summed E-state index contributed by atoms with van der Waals surface area (Å²) in [6.07, 6.45) is -2.26. The van der Waals surface area contributed by atoms with E-state index in [9.17, 15) is 13.2 Å². The van der Waals surface area contributed by atoms with E-state index in [4.69, 9.17) is 9.47 Å². The third-order valence-electron chi connectivity index (χ3n) is 2.60. The van der Waals surface area contributed by atoms with Crippen molar-refractivity contribution in [3.8, 4) is 11.5 Å². The fraction of sp³-hybridized carbons (Fsp3) is 0.538. The van der Waals surface area contributed by atoms with Crippen LogP contribution < -0.4 is 9.47 Å². The van der Waals surface area contributed by atoms with Crippen LogP contribution in [0.1, 0.15) is 18.4 Å². The highest BCUT2D eigenvalue weighted by Crippen LogP contribution is 2.31.